The molecular formula is C12H16BrNO4. The van der Waals surface area contributed by atoms with E-state index in [1.807, 2.05) is 13.8 Å². The van der Waals surface area contributed by atoms with Crippen molar-refractivity contribution in [1.82, 2.24) is 0 Å². The summed E-state index contributed by atoms with van der Waals surface area (Å²) < 4.78 is 10.7. The van der Waals surface area contributed by atoms with Crippen LogP contribution in [0.4, 0.5) is 5.69 Å². The maximum Gasteiger partial charge on any atom is 0.273 e. The first-order valence-corrected chi connectivity index (χ1v) is 6.53. The SMILES string of the molecule is COc1ccc([N+](=O)[O-])cc1OCC(C)(C)CBr. The Labute approximate surface area is 114 Å². The monoisotopic (exact) mass is 317 g/mol. The van der Waals surface area contributed by atoms with E-state index >= 15 is 0 Å². The maximum atomic E-state index is 10.7. The van der Waals surface area contributed by atoms with Gasteiger partial charge in [-0.1, -0.05) is 29.8 Å². The van der Waals surface area contributed by atoms with E-state index in [0.29, 0.717) is 18.1 Å². The number of rotatable bonds is 6. The van der Waals surface area contributed by atoms with Crippen LogP contribution in [0, 0.1) is 15.5 Å². The highest BCUT2D eigenvalue weighted by Crippen LogP contribution is 2.32. The van der Waals surface area contributed by atoms with Crippen LogP contribution in [0.2, 0.25) is 0 Å². The number of hydrogen-bond donors (Lipinski definition) is 0. The van der Waals surface area contributed by atoms with Gasteiger partial charge in [0.2, 0.25) is 0 Å². The second-order valence-corrected chi connectivity index (χ2v) is 5.24. The zero-order valence-electron chi connectivity index (χ0n) is 10.6. The zero-order chi connectivity index (χ0) is 13.8. The van der Waals surface area contributed by atoms with E-state index in [2.05, 4.69) is 15.9 Å². The van der Waals surface area contributed by atoms with Crippen molar-refractivity contribution in [3.05, 3.63) is 28.3 Å². The molecule has 0 N–H and O–H groups in total. The fraction of sp³-hybridized carbons (Fsp3) is 0.500. The number of nitro groups is 1. The second-order valence-electron chi connectivity index (χ2n) is 4.68. The molecule has 100 valence electrons. The van der Waals surface area contributed by atoms with Crippen molar-refractivity contribution >= 4 is 21.6 Å². The number of halogens is 1. The second kappa shape index (κ2) is 6.04. The van der Waals surface area contributed by atoms with Gasteiger partial charge in [-0.25, -0.2) is 0 Å². The van der Waals surface area contributed by atoms with E-state index in [9.17, 15) is 10.1 Å². The van der Waals surface area contributed by atoms with Gasteiger partial charge in [0.05, 0.1) is 24.7 Å². The quantitative estimate of drug-likeness (QED) is 0.458. The smallest absolute Gasteiger partial charge is 0.273 e. The van der Waals surface area contributed by atoms with E-state index in [1.54, 1.807) is 0 Å². The first-order valence-electron chi connectivity index (χ1n) is 5.41. The van der Waals surface area contributed by atoms with Gasteiger partial charge in [0.1, 0.15) is 0 Å². The van der Waals surface area contributed by atoms with Crippen molar-refractivity contribution < 1.29 is 14.4 Å². The summed E-state index contributed by atoms with van der Waals surface area (Å²) in [5.41, 5.74) is -0.0715. The summed E-state index contributed by atoms with van der Waals surface area (Å²) in [6.07, 6.45) is 0. The lowest BCUT2D eigenvalue weighted by Crippen LogP contribution is -2.23. The summed E-state index contributed by atoms with van der Waals surface area (Å²) in [5, 5.41) is 11.5. The fourth-order valence-corrected chi connectivity index (χ4v) is 1.37. The van der Waals surface area contributed by atoms with Crippen molar-refractivity contribution in [2.45, 2.75) is 13.8 Å². The van der Waals surface area contributed by atoms with Gasteiger partial charge in [0, 0.05) is 16.8 Å². The highest BCUT2D eigenvalue weighted by molar-refractivity contribution is 9.09. The Kier molecular flexibility index (Phi) is 4.95. The summed E-state index contributed by atoms with van der Waals surface area (Å²) in [4.78, 5) is 10.3. The molecule has 5 nitrogen and oxygen atoms in total. The summed E-state index contributed by atoms with van der Waals surface area (Å²) in [7, 11) is 1.50. The van der Waals surface area contributed by atoms with Crippen molar-refractivity contribution in [2.75, 3.05) is 19.0 Å². The van der Waals surface area contributed by atoms with Gasteiger partial charge in [-0.05, 0) is 6.07 Å². The minimum Gasteiger partial charge on any atom is -0.493 e. The number of methoxy groups -OCH3 is 1. The van der Waals surface area contributed by atoms with Gasteiger partial charge < -0.3 is 9.47 Å². The van der Waals surface area contributed by atoms with E-state index in [-0.39, 0.29) is 11.1 Å². The number of ether oxygens (including phenoxy) is 2. The predicted molar refractivity (Wildman–Crippen MR) is 72.7 cm³/mol. The first-order chi connectivity index (χ1) is 8.39. The molecule has 1 rings (SSSR count). The number of non-ortho nitro benzene ring substituents is 1. The lowest BCUT2D eigenvalue weighted by atomic mass is 9.98. The third-order valence-corrected chi connectivity index (χ3v) is 3.86. The lowest BCUT2D eigenvalue weighted by Gasteiger charge is -2.22. The number of alkyl halides is 1. The van der Waals surface area contributed by atoms with Crippen molar-refractivity contribution in [2.24, 2.45) is 5.41 Å². The zero-order valence-corrected chi connectivity index (χ0v) is 12.2. The molecule has 0 fully saturated rings. The van der Waals surface area contributed by atoms with Gasteiger partial charge >= 0.3 is 0 Å². The Morgan fingerprint density at radius 3 is 2.56 bits per heavy atom. The Bertz CT molecular complexity index is 434. The summed E-state index contributed by atoms with van der Waals surface area (Å²) >= 11 is 3.40. The Balaban J connectivity index is 2.91. The number of benzene rings is 1. The van der Waals surface area contributed by atoms with Gasteiger partial charge in [-0.2, -0.15) is 0 Å². The van der Waals surface area contributed by atoms with Crippen LogP contribution >= 0.6 is 15.9 Å². The molecule has 0 spiro atoms. The Morgan fingerprint density at radius 1 is 1.39 bits per heavy atom. The molecule has 0 aliphatic heterocycles. The predicted octanol–water partition coefficient (Wildman–Crippen LogP) is 3.40. The van der Waals surface area contributed by atoms with E-state index in [0.717, 1.165) is 5.33 Å². The summed E-state index contributed by atoms with van der Waals surface area (Å²) in [6, 6.07) is 4.30. The number of nitro benzene ring substituents is 1. The highest BCUT2D eigenvalue weighted by atomic mass is 79.9. The van der Waals surface area contributed by atoms with Crippen LogP contribution < -0.4 is 9.47 Å². The average molecular weight is 318 g/mol. The topological polar surface area (TPSA) is 61.6 Å². The Morgan fingerprint density at radius 2 is 2.06 bits per heavy atom. The third-order valence-electron chi connectivity index (χ3n) is 2.34. The van der Waals surface area contributed by atoms with E-state index < -0.39 is 4.92 Å². The highest BCUT2D eigenvalue weighted by Gasteiger charge is 2.19. The number of nitrogens with zero attached hydrogens (tertiary/aromatic N) is 1. The molecule has 0 aliphatic rings. The van der Waals surface area contributed by atoms with Crippen molar-refractivity contribution in [1.29, 1.82) is 0 Å². The molecule has 18 heavy (non-hydrogen) atoms. The molecule has 0 saturated heterocycles. The lowest BCUT2D eigenvalue weighted by molar-refractivity contribution is -0.385. The normalized spacial score (nSPS) is 11.1. The molecule has 1 aromatic rings. The minimum atomic E-state index is -0.456. The molecule has 0 bridgehead atoms. The van der Waals surface area contributed by atoms with Crippen molar-refractivity contribution in [3.8, 4) is 11.5 Å². The number of hydrogen-bond acceptors (Lipinski definition) is 4. The van der Waals surface area contributed by atoms with Crippen LogP contribution in [-0.4, -0.2) is 24.0 Å². The molecule has 0 radical (unpaired) electrons. The standard InChI is InChI=1S/C12H16BrNO4/c1-12(2,7-13)8-18-11-6-9(14(15)16)4-5-10(11)17-3/h4-6H,7-8H2,1-3H3. The fourth-order valence-electron chi connectivity index (χ4n) is 1.20. The molecule has 0 aliphatic carbocycles. The van der Waals surface area contributed by atoms with Gasteiger partial charge in [0.15, 0.2) is 11.5 Å². The summed E-state index contributed by atoms with van der Waals surface area (Å²) in [5.74, 6) is 0.881. The molecule has 0 unspecified atom stereocenters. The molecule has 0 atom stereocenters. The maximum absolute atomic E-state index is 10.7. The van der Waals surface area contributed by atoms with Crippen LogP contribution in [0.5, 0.6) is 11.5 Å². The largest absolute Gasteiger partial charge is 0.493 e. The van der Waals surface area contributed by atoms with E-state index in [1.165, 1.54) is 25.3 Å². The van der Waals surface area contributed by atoms with Crippen LogP contribution in [0.3, 0.4) is 0 Å². The van der Waals surface area contributed by atoms with Crippen molar-refractivity contribution in [3.63, 3.8) is 0 Å². The van der Waals surface area contributed by atoms with Gasteiger partial charge in [-0.15, -0.1) is 0 Å². The first kappa shape index (κ1) is 14.8. The minimum absolute atomic E-state index is 0.0116. The van der Waals surface area contributed by atoms with Gasteiger partial charge in [-0.3, -0.25) is 10.1 Å². The van der Waals surface area contributed by atoms with Crippen LogP contribution in [0.1, 0.15) is 13.8 Å². The molecule has 1 aromatic carbocycles. The van der Waals surface area contributed by atoms with Crippen LogP contribution in [-0.2, 0) is 0 Å². The molecule has 0 saturated carbocycles. The molecule has 6 heteroatoms. The molecule has 0 aromatic heterocycles. The molecular weight excluding hydrogens is 302 g/mol. The Hall–Kier alpha value is -1.30. The average Bonchev–Trinajstić information content (AvgIpc) is 2.36. The van der Waals surface area contributed by atoms with Gasteiger partial charge in [0.25, 0.3) is 5.69 Å². The van der Waals surface area contributed by atoms with Crippen LogP contribution in [0.15, 0.2) is 18.2 Å². The van der Waals surface area contributed by atoms with E-state index in [4.69, 9.17) is 9.47 Å². The summed E-state index contributed by atoms with van der Waals surface area (Å²) in [6.45, 7) is 4.51. The molecule has 0 amide bonds. The third kappa shape index (κ3) is 3.87. The van der Waals surface area contributed by atoms with Crippen LogP contribution in [0.25, 0.3) is 0 Å². The molecule has 0 heterocycles.